The van der Waals surface area contributed by atoms with Crippen molar-refractivity contribution >= 4 is 29.4 Å². The van der Waals surface area contributed by atoms with E-state index in [1.165, 1.54) is 47.4 Å². The second-order valence-electron chi connectivity index (χ2n) is 9.29. The number of nitriles is 1. The SMILES string of the molecule is CCn1cc(-c2cnc(N)c(-c3ccc(NC(=O)/C(C=O)=C/C(C)=C(/C#N)N(C)c4ccc(F)cc4)cc3F)c2)cn1. The predicted octanol–water partition coefficient (Wildman–Crippen LogP) is 5.49. The van der Waals surface area contributed by atoms with E-state index in [1.54, 1.807) is 37.1 Å². The van der Waals surface area contributed by atoms with Gasteiger partial charge in [-0.15, -0.1) is 0 Å². The molecule has 0 bridgehead atoms. The number of nitrogen functional groups attached to an aromatic ring is 1. The van der Waals surface area contributed by atoms with Gasteiger partial charge in [0, 0.05) is 59.6 Å². The Bertz CT molecular complexity index is 1750. The lowest BCUT2D eigenvalue weighted by Crippen LogP contribution is -2.18. The highest BCUT2D eigenvalue weighted by Gasteiger charge is 2.16. The number of aryl methyl sites for hydroxylation is 1. The van der Waals surface area contributed by atoms with Crippen molar-refractivity contribution in [1.82, 2.24) is 14.8 Å². The Morgan fingerprint density at radius 1 is 1.12 bits per heavy atom. The molecule has 0 spiro atoms. The molecule has 0 unspecified atom stereocenters. The van der Waals surface area contributed by atoms with Gasteiger partial charge in [0.1, 0.15) is 29.2 Å². The molecule has 212 valence electrons. The van der Waals surface area contributed by atoms with Crippen LogP contribution >= 0.6 is 0 Å². The summed E-state index contributed by atoms with van der Waals surface area (Å²) < 4.78 is 30.3. The van der Waals surface area contributed by atoms with Gasteiger partial charge in [-0.1, -0.05) is 0 Å². The smallest absolute Gasteiger partial charge is 0.258 e. The van der Waals surface area contributed by atoms with Gasteiger partial charge in [0.15, 0.2) is 6.29 Å². The van der Waals surface area contributed by atoms with Gasteiger partial charge < -0.3 is 16.0 Å². The third kappa shape index (κ3) is 6.39. The van der Waals surface area contributed by atoms with Crippen molar-refractivity contribution in [2.75, 3.05) is 23.0 Å². The van der Waals surface area contributed by atoms with Crippen LogP contribution in [0.4, 0.5) is 26.0 Å². The standard InChI is InChI=1S/C31H27F2N7O2/c1-4-40-17-22(16-37-40)20-12-27(30(35)36-15-20)26-10-7-24(13-28(26)33)38-31(42)21(18-41)11-19(2)29(14-34)39(3)25-8-5-23(32)6-9-25/h5-13,15-18H,4H2,1-3H3,(H2,35,36)(H,38,42)/b21-11+,29-19-. The Labute approximate surface area is 241 Å². The van der Waals surface area contributed by atoms with Gasteiger partial charge >= 0.3 is 0 Å². The zero-order valence-electron chi connectivity index (χ0n) is 23.1. The fraction of sp³-hybridized carbons (Fsp3) is 0.129. The van der Waals surface area contributed by atoms with Gasteiger partial charge in [-0.3, -0.25) is 14.3 Å². The average molecular weight is 568 g/mol. The molecule has 0 fully saturated rings. The molecule has 4 rings (SSSR count). The highest BCUT2D eigenvalue weighted by Crippen LogP contribution is 2.32. The molecule has 1 amide bonds. The summed E-state index contributed by atoms with van der Waals surface area (Å²) >= 11 is 0. The number of rotatable bonds is 9. The number of hydrogen-bond acceptors (Lipinski definition) is 7. The first-order valence-electron chi connectivity index (χ1n) is 12.8. The Hall–Kier alpha value is -5.63. The molecule has 2 heterocycles. The van der Waals surface area contributed by atoms with Crippen molar-refractivity contribution in [3.63, 3.8) is 0 Å². The van der Waals surface area contributed by atoms with Crippen molar-refractivity contribution in [3.05, 3.63) is 102 Å². The van der Waals surface area contributed by atoms with Gasteiger partial charge in [-0.2, -0.15) is 10.4 Å². The lowest BCUT2D eigenvalue weighted by molar-refractivity contribution is -0.115. The molecular formula is C31H27F2N7O2. The third-order valence-electron chi connectivity index (χ3n) is 6.52. The maximum absolute atomic E-state index is 15.3. The molecule has 9 nitrogen and oxygen atoms in total. The van der Waals surface area contributed by atoms with Gasteiger partial charge in [-0.25, -0.2) is 13.8 Å². The monoisotopic (exact) mass is 567 g/mol. The highest BCUT2D eigenvalue weighted by molar-refractivity contribution is 6.16. The van der Waals surface area contributed by atoms with Crippen molar-refractivity contribution in [2.45, 2.75) is 20.4 Å². The summed E-state index contributed by atoms with van der Waals surface area (Å²) in [6, 6.07) is 13.3. The molecule has 0 aliphatic carbocycles. The maximum atomic E-state index is 15.3. The minimum atomic E-state index is -0.797. The molecule has 2 aromatic carbocycles. The first kappa shape index (κ1) is 29.4. The molecule has 11 heteroatoms. The Balaban J connectivity index is 1.57. The van der Waals surface area contributed by atoms with E-state index >= 15 is 4.39 Å². The van der Waals surface area contributed by atoms with Gasteiger partial charge in [-0.05, 0) is 74.0 Å². The number of carbonyl (C=O) groups excluding carboxylic acids is 2. The fourth-order valence-electron chi connectivity index (χ4n) is 4.23. The molecule has 0 radical (unpaired) electrons. The van der Waals surface area contributed by atoms with Crippen molar-refractivity contribution in [3.8, 4) is 28.3 Å². The zero-order chi connectivity index (χ0) is 30.4. The van der Waals surface area contributed by atoms with Crippen molar-refractivity contribution < 1.29 is 18.4 Å². The lowest BCUT2D eigenvalue weighted by Gasteiger charge is -2.19. The quantitative estimate of drug-likeness (QED) is 0.0683. The predicted molar refractivity (Wildman–Crippen MR) is 157 cm³/mol. The van der Waals surface area contributed by atoms with Crippen LogP contribution in [0.2, 0.25) is 0 Å². The van der Waals surface area contributed by atoms with Crippen LogP contribution in [0, 0.1) is 23.0 Å². The Morgan fingerprint density at radius 3 is 2.48 bits per heavy atom. The highest BCUT2D eigenvalue weighted by atomic mass is 19.1. The Kier molecular flexibility index (Phi) is 8.87. The first-order chi connectivity index (χ1) is 20.1. The van der Waals surface area contributed by atoms with Crippen LogP contribution in [0.1, 0.15) is 13.8 Å². The van der Waals surface area contributed by atoms with E-state index < -0.39 is 17.5 Å². The third-order valence-corrected chi connectivity index (χ3v) is 6.52. The largest absolute Gasteiger partial charge is 0.383 e. The van der Waals surface area contributed by atoms with E-state index in [2.05, 4.69) is 15.4 Å². The van der Waals surface area contributed by atoms with Crippen LogP contribution in [0.15, 0.2) is 90.0 Å². The number of benzene rings is 2. The number of pyridine rings is 1. The zero-order valence-corrected chi connectivity index (χ0v) is 23.1. The molecule has 0 saturated heterocycles. The number of nitrogens with zero attached hydrogens (tertiary/aromatic N) is 5. The van der Waals surface area contributed by atoms with E-state index in [0.29, 0.717) is 35.2 Å². The van der Waals surface area contributed by atoms with Crippen LogP contribution in [0.3, 0.4) is 0 Å². The maximum Gasteiger partial charge on any atom is 0.258 e. The minimum Gasteiger partial charge on any atom is -0.383 e. The van der Waals surface area contributed by atoms with Crippen LogP contribution in [0.5, 0.6) is 0 Å². The number of nitrogens with one attached hydrogen (secondary N) is 1. The van der Waals surface area contributed by atoms with Crippen molar-refractivity contribution in [2.24, 2.45) is 0 Å². The topological polar surface area (TPSA) is 130 Å². The summed E-state index contributed by atoms with van der Waals surface area (Å²) in [5.74, 6) is -1.76. The average Bonchev–Trinajstić information content (AvgIpc) is 3.46. The molecule has 42 heavy (non-hydrogen) atoms. The van der Waals surface area contributed by atoms with Crippen LogP contribution in [-0.2, 0) is 16.1 Å². The van der Waals surface area contributed by atoms with Gasteiger partial charge in [0.2, 0.25) is 0 Å². The molecule has 2 aromatic heterocycles. The van der Waals surface area contributed by atoms with E-state index in [-0.39, 0.29) is 28.3 Å². The van der Waals surface area contributed by atoms with Crippen molar-refractivity contribution in [1.29, 1.82) is 5.26 Å². The minimum absolute atomic E-state index is 0.103. The molecule has 0 aliphatic heterocycles. The normalized spacial score (nSPS) is 11.9. The van der Waals surface area contributed by atoms with Gasteiger partial charge in [0.25, 0.3) is 5.91 Å². The summed E-state index contributed by atoms with van der Waals surface area (Å²) in [5.41, 5.74) is 8.92. The number of nitrogens with two attached hydrogens (primary N) is 1. The summed E-state index contributed by atoms with van der Waals surface area (Å²) in [6.45, 7) is 4.22. The number of aromatic nitrogens is 3. The number of carbonyl (C=O) groups is 2. The first-order valence-corrected chi connectivity index (χ1v) is 12.8. The molecule has 0 atom stereocenters. The number of halogens is 2. The molecule has 3 N–H and O–H groups in total. The Morgan fingerprint density at radius 2 is 1.86 bits per heavy atom. The number of allylic oxidation sites excluding steroid dienone is 3. The second-order valence-corrected chi connectivity index (χ2v) is 9.29. The summed E-state index contributed by atoms with van der Waals surface area (Å²) in [4.78, 5) is 30.4. The summed E-state index contributed by atoms with van der Waals surface area (Å²) in [6.07, 6.45) is 6.71. The number of aldehydes is 1. The van der Waals surface area contributed by atoms with E-state index in [1.807, 2.05) is 19.2 Å². The van der Waals surface area contributed by atoms with Gasteiger partial charge in [0.05, 0.1) is 11.8 Å². The fourth-order valence-corrected chi connectivity index (χ4v) is 4.23. The number of amides is 1. The van der Waals surface area contributed by atoms with Crippen LogP contribution in [0.25, 0.3) is 22.3 Å². The lowest BCUT2D eigenvalue weighted by atomic mass is 10.0. The van der Waals surface area contributed by atoms with E-state index in [4.69, 9.17) is 5.73 Å². The van der Waals surface area contributed by atoms with E-state index in [0.717, 1.165) is 11.6 Å². The second kappa shape index (κ2) is 12.7. The summed E-state index contributed by atoms with van der Waals surface area (Å²) in [7, 11) is 1.60. The number of anilines is 3. The molecule has 4 aromatic rings. The molecular weight excluding hydrogens is 540 g/mol. The van der Waals surface area contributed by atoms with Crippen LogP contribution < -0.4 is 16.0 Å². The number of hydrogen-bond donors (Lipinski definition) is 2. The van der Waals surface area contributed by atoms with E-state index in [9.17, 15) is 19.2 Å². The molecule has 0 saturated carbocycles. The summed E-state index contributed by atoms with van der Waals surface area (Å²) in [5, 5.41) is 16.5. The molecule has 0 aliphatic rings. The van der Waals surface area contributed by atoms with Crippen LogP contribution in [-0.4, -0.2) is 34.0 Å².